The zero-order chi connectivity index (χ0) is 62.4. The number of alkyl halides is 18. The summed E-state index contributed by atoms with van der Waals surface area (Å²) in [4.78, 5) is 0. The molecule has 10 aromatic carbocycles. The van der Waals surface area contributed by atoms with Gasteiger partial charge in [0, 0.05) is 38.8 Å². The van der Waals surface area contributed by atoms with Gasteiger partial charge in [0.25, 0.3) is 0 Å². The molecule has 13 rings (SSSR count). The summed E-state index contributed by atoms with van der Waals surface area (Å²) >= 11 is 0. The minimum absolute atomic E-state index is 0.0953. The molecule has 0 bridgehead atoms. The Morgan fingerprint density at radius 1 is 0.284 bits per heavy atom. The number of aromatic nitrogens is 2. The van der Waals surface area contributed by atoms with Crippen molar-refractivity contribution >= 4 is 70.7 Å². The van der Waals surface area contributed by atoms with Crippen LogP contribution in [0.15, 0.2) is 200 Å². The van der Waals surface area contributed by atoms with Crippen LogP contribution in [0.1, 0.15) is 56.8 Å². The van der Waals surface area contributed by atoms with Crippen LogP contribution < -0.4 is 0 Å². The first-order valence-electron chi connectivity index (χ1n) is 26.7. The van der Waals surface area contributed by atoms with E-state index in [0.717, 1.165) is 97.1 Å². The van der Waals surface area contributed by atoms with E-state index >= 15 is 0 Å². The summed E-state index contributed by atoms with van der Waals surface area (Å²) in [7, 11) is 0. The van der Waals surface area contributed by atoms with Gasteiger partial charge in [0.1, 0.15) is 0 Å². The lowest BCUT2D eigenvalue weighted by molar-refractivity contribution is -0.138. The van der Waals surface area contributed by atoms with Gasteiger partial charge < -0.3 is 9.13 Å². The molecule has 2 nitrogen and oxygen atoms in total. The van der Waals surface area contributed by atoms with Gasteiger partial charge in [-0.1, -0.05) is 78.9 Å². The highest BCUT2D eigenvalue weighted by Gasteiger charge is 2.37. The number of halogens is 18. The second-order valence-electron chi connectivity index (χ2n) is 21.4. The Labute approximate surface area is 485 Å². The van der Waals surface area contributed by atoms with E-state index in [9.17, 15) is 79.0 Å². The topological polar surface area (TPSA) is 9.86 Å². The van der Waals surface area contributed by atoms with Crippen LogP contribution in [0.2, 0.25) is 0 Å². The molecule has 1 aliphatic carbocycles. The molecule has 0 saturated heterocycles. The van der Waals surface area contributed by atoms with E-state index in [1.807, 2.05) is 6.08 Å². The molecule has 0 spiro atoms. The molecular weight excluding hydrogens is 1190 g/mol. The third kappa shape index (κ3) is 10.0. The molecule has 0 radical (unpaired) electrons. The number of benzene rings is 10. The minimum atomic E-state index is -4.89. The molecule has 0 fully saturated rings. The van der Waals surface area contributed by atoms with Crippen LogP contribution in [0.5, 0.6) is 0 Å². The minimum Gasteiger partial charge on any atom is -0.309 e. The zero-order valence-electron chi connectivity index (χ0n) is 44.5. The summed E-state index contributed by atoms with van der Waals surface area (Å²) in [6.45, 7) is 0. The molecule has 0 saturated carbocycles. The van der Waals surface area contributed by atoms with Crippen molar-refractivity contribution in [2.45, 2.75) is 49.4 Å². The fraction of sp³-hybridized carbons (Fsp3) is 0.118. The van der Waals surface area contributed by atoms with Gasteiger partial charge in [-0.05, 0) is 188 Å². The maximum absolute atomic E-state index is 14.4. The van der Waals surface area contributed by atoms with E-state index in [4.69, 9.17) is 0 Å². The van der Waals surface area contributed by atoms with Gasteiger partial charge in [-0.25, -0.2) is 0 Å². The molecule has 2 heterocycles. The van der Waals surface area contributed by atoms with Crippen LogP contribution in [-0.4, -0.2) is 9.13 Å². The van der Waals surface area contributed by atoms with E-state index < -0.39 is 76.4 Å². The van der Waals surface area contributed by atoms with E-state index in [1.54, 1.807) is 72.8 Å². The number of allylic oxidation sites excluding steroid dienone is 4. The van der Waals surface area contributed by atoms with Crippen LogP contribution in [0.25, 0.3) is 104 Å². The Morgan fingerprint density at radius 2 is 0.602 bits per heavy atom. The normalized spacial score (nSPS) is 14.8. The third-order valence-electron chi connectivity index (χ3n) is 16.2. The molecule has 20 heteroatoms. The summed E-state index contributed by atoms with van der Waals surface area (Å²) in [5, 5.41) is 1.16. The summed E-state index contributed by atoms with van der Waals surface area (Å²) < 4.78 is 257. The summed E-state index contributed by atoms with van der Waals surface area (Å²) in [6, 6.07) is 36.6. The number of rotatable bonds is 6. The molecule has 0 N–H and O–H groups in total. The van der Waals surface area contributed by atoms with Gasteiger partial charge in [0.15, 0.2) is 0 Å². The quantitative estimate of drug-likeness (QED) is 0.116. The molecule has 12 aromatic rings. The predicted molar refractivity (Wildman–Crippen MR) is 302 cm³/mol. The Kier molecular flexibility index (Phi) is 13.1. The van der Waals surface area contributed by atoms with Crippen molar-refractivity contribution in [1.82, 2.24) is 9.13 Å². The maximum atomic E-state index is 14.4. The zero-order valence-corrected chi connectivity index (χ0v) is 44.5. The van der Waals surface area contributed by atoms with E-state index in [2.05, 4.69) is 0 Å². The molecule has 1 aliphatic rings. The average Bonchev–Trinajstić information content (AvgIpc) is 1.30. The van der Waals surface area contributed by atoms with Gasteiger partial charge in [-0.15, -0.1) is 0 Å². The molecule has 444 valence electrons. The van der Waals surface area contributed by atoms with Crippen molar-refractivity contribution in [2.24, 2.45) is 0 Å². The summed E-state index contributed by atoms with van der Waals surface area (Å²) in [6.07, 6.45) is -23.2. The van der Waals surface area contributed by atoms with E-state index in [0.29, 0.717) is 60.5 Å². The molecule has 1 atom stereocenters. The van der Waals surface area contributed by atoms with Crippen LogP contribution in [0.3, 0.4) is 0 Å². The number of hydrogen-bond acceptors (Lipinski definition) is 0. The lowest BCUT2D eigenvalue weighted by Crippen LogP contribution is -2.06. The Morgan fingerprint density at radius 3 is 0.955 bits per heavy atom. The van der Waals surface area contributed by atoms with Crippen molar-refractivity contribution < 1.29 is 79.0 Å². The van der Waals surface area contributed by atoms with Crippen LogP contribution in [0, 0.1) is 0 Å². The van der Waals surface area contributed by atoms with Crippen molar-refractivity contribution in [2.75, 3.05) is 0 Å². The standard InChI is InChI=1S/C68H36F18N2/c69-63(70,71)41-13-9-37(10-14-41)35-1-5-39(6-2-35)61-49-23-21-48(88-59-27-19-45(67(81,82)83)31-53(59)54-32-46(68(84,85)86)20-28-60(54)88)34-56(49)62(40-7-3-36(4-8-40)38-11-15-42(16-12-38)64(72,73)74)50-24-22-47(33-55(50)61)87-57-25-17-43(65(75,76)77)29-51(57)52-30-44(66(78,79)80)18-26-58(52)87/h1-3,5-34,36H,4H2. The third-order valence-corrected chi connectivity index (χ3v) is 16.2. The highest BCUT2D eigenvalue weighted by Crippen LogP contribution is 2.49. The highest BCUT2D eigenvalue weighted by molar-refractivity contribution is 6.21. The van der Waals surface area contributed by atoms with Crippen LogP contribution in [0.4, 0.5) is 79.0 Å². The average molecular weight is 1220 g/mol. The first kappa shape index (κ1) is 57.6. The van der Waals surface area contributed by atoms with Gasteiger partial charge in [0.05, 0.1) is 55.4 Å². The highest BCUT2D eigenvalue weighted by atomic mass is 19.4. The fourth-order valence-corrected chi connectivity index (χ4v) is 12.1. The Balaban J connectivity index is 1.10. The van der Waals surface area contributed by atoms with Crippen molar-refractivity contribution in [3.8, 4) is 33.6 Å². The molecule has 0 aliphatic heterocycles. The van der Waals surface area contributed by atoms with E-state index in [1.165, 1.54) is 33.4 Å². The van der Waals surface area contributed by atoms with Crippen LogP contribution in [-0.2, 0) is 37.1 Å². The number of fused-ring (bicyclic) bond motifs is 8. The molecule has 88 heavy (non-hydrogen) atoms. The van der Waals surface area contributed by atoms with Crippen molar-refractivity contribution in [3.05, 3.63) is 245 Å². The molecule has 1 unspecified atom stereocenters. The fourth-order valence-electron chi connectivity index (χ4n) is 12.1. The molecule has 2 aromatic heterocycles. The van der Waals surface area contributed by atoms with E-state index in [-0.39, 0.29) is 61.4 Å². The van der Waals surface area contributed by atoms with Gasteiger partial charge >= 0.3 is 37.1 Å². The molecular formula is C68H36F18N2. The first-order chi connectivity index (χ1) is 41.4. The largest absolute Gasteiger partial charge is 0.416 e. The molecule has 0 amide bonds. The SMILES string of the molecule is FC(F)(F)c1ccc(-c2ccc(-c3c4ccc(-n5c6ccc(C(F)(F)F)cc6c6cc(C(F)(F)F)ccc65)cc4c(C4=CCC(c5ccc(C(F)(F)F)cc5)C=C4)c4ccc(-n5c6ccc(C(F)(F)F)cc6c6cc(C(F)(F)F)ccc65)cc34)cc2)cc1. The van der Waals surface area contributed by atoms with Gasteiger partial charge in [0.2, 0.25) is 0 Å². The second kappa shape index (κ2) is 20.0. The lowest BCUT2D eigenvalue weighted by Gasteiger charge is -2.23. The Bertz CT molecular complexity index is 4730. The van der Waals surface area contributed by atoms with Gasteiger partial charge in [-0.2, -0.15) is 79.0 Å². The van der Waals surface area contributed by atoms with Crippen molar-refractivity contribution in [1.29, 1.82) is 0 Å². The Hall–Kier alpha value is -9.46. The van der Waals surface area contributed by atoms with Crippen LogP contribution >= 0.6 is 0 Å². The number of hydrogen-bond donors (Lipinski definition) is 0. The predicted octanol–water partition coefficient (Wildman–Crippen LogP) is 22.8. The van der Waals surface area contributed by atoms with Crippen molar-refractivity contribution in [3.63, 3.8) is 0 Å². The monoisotopic (exact) mass is 1220 g/mol. The summed E-state index contributed by atoms with van der Waals surface area (Å²) in [5.74, 6) is -0.444. The van der Waals surface area contributed by atoms with Gasteiger partial charge in [-0.3, -0.25) is 0 Å². The number of nitrogens with zero attached hydrogens (tertiary/aromatic N) is 2. The first-order valence-corrected chi connectivity index (χ1v) is 26.7. The second-order valence-corrected chi connectivity index (χ2v) is 21.4. The smallest absolute Gasteiger partial charge is 0.309 e. The summed E-state index contributed by atoms with van der Waals surface area (Å²) in [5.41, 5.74) is -1.96. The lowest BCUT2D eigenvalue weighted by atomic mass is 9.82. The maximum Gasteiger partial charge on any atom is 0.416 e.